The van der Waals surface area contributed by atoms with Crippen LogP contribution in [0.25, 0.3) is 0 Å². The Morgan fingerprint density at radius 1 is 1.39 bits per heavy atom. The predicted octanol–water partition coefficient (Wildman–Crippen LogP) is 2.58. The summed E-state index contributed by atoms with van der Waals surface area (Å²) in [7, 11) is 0. The van der Waals surface area contributed by atoms with Crippen molar-refractivity contribution < 1.29 is 9.53 Å². The molecule has 1 aromatic heterocycles. The molecular formula is C14H20N2O2. The first-order chi connectivity index (χ1) is 8.80. The van der Waals surface area contributed by atoms with Gasteiger partial charge in [0.25, 0.3) is 0 Å². The van der Waals surface area contributed by atoms with E-state index in [-0.39, 0.29) is 11.7 Å². The molecule has 4 heteroatoms. The van der Waals surface area contributed by atoms with E-state index in [4.69, 9.17) is 4.74 Å². The van der Waals surface area contributed by atoms with Crippen LogP contribution in [0.15, 0.2) is 12.4 Å². The van der Waals surface area contributed by atoms with Crippen molar-refractivity contribution in [3.05, 3.63) is 18.0 Å². The number of aldehydes is 1. The average molecular weight is 248 g/mol. The van der Waals surface area contributed by atoms with Gasteiger partial charge in [0.05, 0.1) is 30.0 Å². The third-order valence-electron chi connectivity index (χ3n) is 4.28. The highest BCUT2D eigenvalue weighted by Crippen LogP contribution is 2.42. The normalized spacial score (nSPS) is 26.6. The minimum absolute atomic E-state index is 0.170. The summed E-state index contributed by atoms with van der Waals surface area (Å²) in [6.45, 7) is 0.773. The highest BCUT2D eigenvalue weighted by atomic mass is 16.5. The van der Waals surface area contributed by atoms with Crippen LogP contribution in [-0.4, -0.2) is 27.8 Å². The lowest BCUT2D eigenvalue weighted by molar-refractivity contribution is -0.0688. The van der Waals surface area contributed by atoms with E-state index in [1.807, 2.05) is 4.68 Å². The maximum absolute atomic E-state index is 10.6. The Morgan fingerprint density at radius 3 is 2.94 bits per heavy atom. The molecule has 1 unspecified atom stereocenters. The van der Waals surface area contributed by atoms with E-state index in [0.29, 0.717) is 5.56 Å². The summed E-state index contributed by atoms with van der Waals surface area (Å²) in [6.07, 6.45) is 13.2. The molecule has 2 aliphatic rings. The van der Waals surface area contributed by atoms with Crippen LogP contribution >= 0.6 is 0 Å². The number of ether oxygens (including phenoxy) is 1. The molecule has 4 nitrogen and oxygen atoms in total. The molecule has 3 rings (SSSR count). The average Bonchev–Trinajstić information content (AvgIpc) is 2.99. The molecule has 1 spiro atoms. The Labute approximate surface area is 107 Å². The van der Waals surface area contributed by atoms with Crippen molar-refractivity contribution in [2.24, 2.45) is 0 Å². The third kappa shape index (κ3) is 2.34. The summed E-state index contributed by atoms with van der Waals surface area (Å²) < 4.78 is 8.12. The zero-order valence-electron chi connectivity index (χ0n) is 10.7. The summed E-state index contributed by atoms with van der Waals surface area (Å²) in [4.78, 5) is 10.6. The third-order valence-corrected chi connectivity index (χ3v) is 4.28. The monoisotopic (exact) mass is 248 g/mol. The van der Waals surface area contributed by atoms with Gasteiger partial charge in [-0.1, -0.05) is 19.3 Å². The zero-order chi connectivity index (χ0) is 12.4. The van der Waals surface area contributed by atoms with Gasteiger partial charge in [0.1, 0.15) is 0 Å². The molecule has 2 fully saturated rings. The molecule has 0 amide bonds. The van der Waals surface area contributed by atoms with Gasteiger partial charge in [-0.2, -0.15) is 5.10 Å². The molecule has 18 heavy (non-hydrogen) atoms. The topological polar surface area (TPSA) is 44.1 Å². The quantitative estimate of drug-likeness (QED) is 0.772. The first-order valence-corrected chi connectivity index (χ1v) is 6.95. The number of carbonyl (C=O) groups excluding carboxylic acids is 1. The molecule has 1 aromatic rings. The van der Waals surface area contributed by atoms with Crippen LogP contribution < -0.4 is 0 Å². The Balaban J connectivity index is 1.60. The molecule has 0 bridgehead atoms. The van der Waals surface area contributed by atoms with Crippen LogP contribution in [0, 0.1) is 0 Å². The Hall–Kier alpha value is -1.16. The van der Waals surface area contributed by atoms with Gasteiger partial charge in [0, 0.05) is 6.20 Å². The SMILES string of the molecule is O=Cc1cnn(CC2CCC3(CCCCC3)O2)c1. The number of rotatable bonds is 3. The lowest BCUT2D eigenvalue weighted by Crippen LogP contribution is -2.32. The van der Waals surface area contributed by atoms with Crippen LogP contribution in [0.4, 0.5) is 0 Å². The van der Waals surface area contributed by atoms with Gasteiger partial charge in [0.2, 0.25) is 0 Å². The number of aromatic nitrogens is 2. The molecule has 2 heterocycles. The van der Waals surface area contributed by atoms with E-state index in [1.165, 1.54) is 38.5 Å². The van der Waals surface area contributed by atoms with Crippen molar-refractivity contribution >= 4 is 6.29 Å². The minimum Gasteiger partial charge on any atom is -0.370 e. The van der Waals surface area contributed by atoms with E-state index in [1.54, 1.807) is 12.4 Å². The number of carbonyl (C=O) groups is 1. The van der Waals surface area contributed by atoms with Gasteiger partial charge in [-0.25, -0.2) is 0 Å². The second-order valence-corrected chi connectivity index (χ2v) is 5.64. The Kier molecular flexibility index (Phi) is 3.20. The van der Waals surface area contributed by atoms with E-state index in [2.05, 4.69) is 5.10 Å². The molecule has 0 radical (unpaired) electrons. The summed E-state index contributed by atoms with van der Waals surface area (Å²) in [5.74, 6) is 0. The highest BCUT2D eigenvalue weighted by Gasteiger charge is 2.40. The number of hydrogen-bond donors (Lipinski definition) is 0. The van der Waals surface area contributed by atoms with Gasteiger partial charge >= 0.3 is 0 Å². The van der Waals surface area contributed by atoms with Crippen LogP contribution in [0.1, 0.15) is 55.3 Å². The van der Waals surface area contributed by atoms with Crippen LogP contribution in [0.2, 0.25) is 0 Å². The number of hydrogen-bond acceptors (Lipinski definition) is 3. The highest BCUT2D eigenvalue weighted by molar-refractivity contribution is 5.73. The first kappa shape index (κ1) is 11.9. The summed E-state index contributed by atoms with van der Waals surface area (Å²) >= 11 is 0. The predicted molar refractivity (Wildman–Crippen MR) is 67.5 cm³/mol. The van der Waals surface area contributed by atoms with Gasteiger partial charge in [-0.3, -0.25) is 9.48 Å². The fourth-order valence-corrected chi connectivity index (χ4v) is 3.34. The zero-order valence-corrected chi connectivity index (χ0v) is 10.7. The smallest absolute Gasteiger partial charge is 0.153 e. The molecule has 0 aromatic carbocycles. The molecule has 1 aliphatic carbocycles. The molecule has 98 valence electrons. The van der Waals surface area contributed by atoms with E-state index < -0.39 is 0 Å². The Morgan fingerprint density at radius 2 is 2.22 bits per heavy atom. The fraction of sp³-hybridized carbons (Fsp3) is 0.714. The van der Waals surface area contributed by atoms with Crippen molar-refractivity contribution in [3.8, 4) is 0 Å². The summed E-state index contributed by atoms with van der Waals surface area (Å²) in [6, 6.07) is 0. The van der Waals surface area contributed by atoms with Gasteiger partial charge in [-0.05, 0) is 25.7 Å². The molecule has 1 aliphatic heterocycles. The molecule has 1 saturated carbocycles. The lowest BCUT2D eigenvalue weighted by Gasteiger charge is -2.33. The van der Waals surface area contributed by atoms with E-state index in [9.17, 15) is 4.79 Å². The van der Waals surface area contributed by atoms with Crippen LogP contribution in [0.5, 0.6) is 0 Å². The van der Waals surface area contributed by atoms with Crippen LogP contribution in [-0.2, 0) is 11.3 Å². The van der Waals surface area contributed by atoms with E-state index in [0.717, 1.165) is 19.3 Å². The largest absolute Gasteiger partial charge is 0.370 e. The van der Waals surface area contributed by atoms with Gasteiger partial charge in [-0.15, -0.1) is 0 Å². The van der Waals surface area contributed by atoms with Crippen molar-refractivity contribution in [2.45, 2.75) is 63.2 Å². The summed E-state index contributed by atoms with van der Waals surface area (Å²) in [5.41, 5.74) is 0.809. The van der Waals surface area contributed by atoms with E-state index >= 15 is 0 Å². The minimum atomic E-state index is 0.170. The van der Waals surface area contributed by atoms with Gasteiger partial charge in [0.15, 0.2) is 6.29 Å². The molecule has 1 atom stereocenters. The molecule has 0 N–H and O–H groups in total. The summed E-state index contributed by atoms with van der Waals surface area (Å²) in [5, 5.41) is 4.19. The second kappa shape index (κ2) is 4.84. The molecule has 1 saturated heterocycles. The lowest BCUT2D eigenvalue weighted by atomic mass is 9.83. The van der Waals surface area contributed by atoms with Crippen LogP contribution in [0.3, 0.4) is 0 Å². The van der Waals surface area contributed by atoms with Crippen molar-refractivity contribution in [3.63, 3.8) is 0 Å². The van der Waals surface area contributed by atoms with Crippen molar-refractivity contribution in [1.29, 1.82) is 0 Å². The van der Waals surface area contributed by atoms with Gasteiger partial charge < -0.3 is 4.74 Å². The number of nitrogens with zero attached hydrogens (tertiary/aromatic N) is 2. The molecular weight excluding hydrogens is 228 g/mol. The maximum atomic E-state index is 10.6. The second-order valence-electron chi connectivity index (χ2n) is 5.64. The Bertz CT molecular complexity index is 421. The fourth-order valence-electron chi connectivity index (χ4n) is 3.34. The van der Waals surface area contributed by atoms with Crippen molar-refractivity contribution in [1.82, 2.24) is 9.78 Å². The first-order valence-electron chi connectivity index (χ1n) is 6.95. The maximum Gasteiger partial charge on any atom is 0.153 e. The van der Waals surface area contributed by atoms with Crippen molar-refractivity contribution in [2.75, 3.05) is 0 Å². The standard InChI is InChI=1S/C14H20N2O2/c17-11-12-8-15-16(9-12)10-13-4-7-14(18-13)5-2-1-3-6-14/h8-9,11,13H,1-7,10H2.